The van der Waals surface area contributed by atoms with Gasteiger partial charge in [0.25, 0.3) is 0 Å². The van der Waals surface area contributed by atoms with E-state index in [0.29, 0.717) is 12.8 Å². The standard InChI is InChI=1S/C26H39N5O5/c1-14(2)10-20(23(27)32)30-24(33)21(11-15(3)4)31-25(34)22(29-16(5)26(35)36)12-17-13-28-19-9-7-6-8-18(17)19/h6-9,13-16,20-22,28-29H,10-12H2,1-5H3,(H2,27,32)(H,30,33)(H,31,34)(H,35,36)/t16?,20-,21-,22-/m0/s1. The molecule has 1 heterocycles. The number of nitrogens with two attached hydrogens (primary N) is 1. The lowest BCUT2D eigenvalue weighted by Gasteiger charge is -2.27. The first-order valence-corrected chi connectivity index (χ1v) is 12.3. The number of aromatic nitrogens is 1. The van der Waals surface area contributed by atoms with Crippen molar-refractivity contribution in [2.75, 3.05) is 0 Å². The van der Waals surface area contributed by atoms with Crippen molar-refractivity contribution in [3.63, 3.8) is 0 Å². The Kier molecular flexibility index (Phi) is 10.5. The van der Waals surface area contributed by atoms with Crippen LogP contribution >= 0.6 is 0 Å². The number of carbonyl (C=O) groups excluding carboxylic acids is 3. The molecule has 0 saturated carbocycles. The highest BCUT2D eigenvalue weighted by atomic mass is 16.4. The summed E-state index contributed by atoms with van der Waals surface area (Å²) in [6, 6.07) is 3.94. The average molecular weight is 502 g/mol. The summed E-state index contributed by atoms with van der Waals surface area (Å²) in [7, 11) is 0. The minimum Gasteiger partial charge on any atom is -0.480 e. The molecule has 2 rings (SSSR count). The Bertz CT molecular complexity index is 1060. The molecule has 0 radical (unpaired) electrons. The molecule has 198 valence electrons. The van der Waals surface area contributed by atoms with Crippen molar-refractivity contribution < 1.29 is 24.3 Å². The number of aliphatic carboxylic acids is 1. The molecular weight excluding hydrogens is 462 g/mol. The molecule has 1 aromatic heterocycles. The Hall–Kier alpha value is -3.40. The normalized spacial score (nSPS) is 14.9. The quantitative estimate of drug-likeness (QED) is 0.230. The fourth-order valence-corrected chi connectivity index (χ4v) is 4.09. The van der Waals surface area contributed by atoms with Gasteiger partial charge >= 0.3 is 5.97 Å². The number of benzene rings is 1. The van der Waals surface area contributed by atoms with Gasteiger partial charge in [0.05, 0.1) is 6.04 Å². The van der Waals surface area contributed by atoms with Gasteiger partial charge in [0, 0.05) is 17.1 Å². The third-order valence-electron chi connectivity index (χ3n) is 5.94. The summed E-state index contributed by atoms with van der Waals surface area (Å²) in [6.07, 6.45) is 2.71. The molecule has 0 aliphatic heterocycles. The van der Waals surface area contributed by atoms with Crippen molar-refractivity contribution >= 4 is 34.6 Å². The SMILES string of the molecule is CC(C)C[C@H](NC(=O)[C@H](CC(C)C)NC(=O)[C@H](Cc1c[nH]c2ccccc12)NC(C)C(=O)O)C(N)=O. The molecule has 4 atom stereocenters. The molecule has 2 aromatic rings. The minimum absolute atomic E-state index is 0.0659. The highest BCUT2D eigenvalue weighted by Gasteiger charge is 2.31. The highest BCUT2D eigenvalue weighted by molar-refractivity contribution is 5.93. The zero-order valence-corrected chi connectivity index (χ0v) is 21.6. The Morgan fingerprint density at radius 2 is 1.44 bits per heavy atom. The second-order valence-electron chi connectivity index (χ2n) is 10.1. The van der Waals surface area contributed by atoms with Crippen LogP contribution in [-0.2, 0) is 25.6 Å². The monoisotopic (exact) mass is 501 g/mol. The molecule has 0 fully saturated rings. The maximum absolute atomic E-state index is 13.4. The van der Waals surface area contributed by atoms with E-state index in [0.717, 1.165) is 16.5 Å². The van der Waals surface area contributed by atoms with Crippen LogP contribution in [0.25, 0.3) is 10.9 Å². The number of para-hydroxylation sites is 1. The van der Waals surface area contributed by atoms with Crippen LogP contribution in [0, 0.1) is 11.8 Å². The number of aromatic amines is 1. The number of H-pyrrole nitrogens is 1. The average Bonchev–Trinajstić information content (AvgIpc) is 3.19. The zero-order valence-electron chi connectivity index (χ0n) is 21.6. The molecule has 0 saturated heterocycles. The largest absolute Gasteiger partial charge is 0.480 e. The van der Waals surface area contributed by atoms with Crippen LogP contribution in [0.5, 0.6) is 0 Å². The molecule has 3 amide bonds. The van der Waals surface area contributed by atoms with Gasteiger partial charge < -0.3 is 26.5 Å². The van der Waals surface area contributed by atoms with Gasteiger partial charge in [-0.2, -0.15) is 0 Å². The van der Waals surface area contributed by atoms with Crippen LogP contribution < -0.4 is 21.7 Å². The molecule has 1 aromatic carbocycles. The van der Waals surface area contributed by atoms with E-state index in [-0.39, 0.29) is 18.3 Å². The van der Waals surface area contributed by atoms with Crippen molar-refractivity contribution in [3.05, 3.63) is 36.0 Å². The van der Waals surface area contributed by atoms with Crippen molar-refractivity contribution in [1.82, 2.24) is 20.9 Å². The Labute approximate surface area is 211 Å². The summed E-state index contributed by atoms with van der Waals surface area (Å²) < 4.78 is 0. The van der Waals surface area contributed by atoms with Crippen LogP contribution in [-0.4, -0.2) is 57.9 Å². The van der Waals surface area contributed by atoms with E-state index in [4.69, 9.17) is 5.73 Å². The van der Waals surface area contributed by atoms with Gasteiger partial charge in [0.15, 0.2) is 0 Å². The first-order valence-electron chi connectivity index (χ1n) is 12.3. The van der Waals surface area contributed by atoms with Crippen molar-refractivity contribution in [3.8, 4) is 0 Å². The second kappa shape index (κ2) is 13.1. The van der Waals surface area contributed by atoms with Crippen LogP contribution in [0.1, 0.15) is 53.0 Å². The summed E-state index contributed by atoms with van der Waals surface area (Å²) in [6.45, 7) is 9.13. The van der Waals surface area contributed by atoms with Gasteiger partial charge in [-0.1, -0.05) is 45.9 Å². The van der Waals surface area contributed by atoms with Crippen LogP contribution in [0.2, 0.25) is 0 Å². The minimum atomic E-state index is -1.10. The lowest BCUT2D eigenvalue weighted by Crippen LogP contribution is -2.58. The Morgan fingerprint density at radius 1 is 0.889 bits per heavy atom. The maximum atomic E-state index is 13.4. The first-order chi connectivity index (χ1) is 16.9. The number of amides is 3. The predicted molar refractivity (Wildman–Crippen MR) is 138 cm³/mol. The van der Waals surface area contributed by atoms with Gasteiger partial charge in [-0.05, 0) is 49.7 Å². The molecule has 0 aliphatic rings. The topological polar surface area (TPSA) is 166 Å². The molecule has 10 nitrogen and oxygen atoms in total. The van der Waals surface area contributed by atoms with Crippen molar-refractivity contribution in [2.24, 2.45) is 17.6 Å². The number of carboxylic acids is 1. The smallest absolute Gasteiger partial charge is 0.320 e. The molecule has 0 bridgehead atoms. The third-order valence-corrected chi connectivity index (χ3v) is 5.94. The van der Waals surface area contributed by atoms with Crippen molar-refractivity contribution in [1.29, 1.82) is 0 Å². The lowest BCUT2D eigenvalue weighted by molar-refractivity contribution is -0.139. The molecule has 7 N–H and O–H groups in total. The van der Waals surface area contributed by atoms with E-state index in [9.17, 15) is 24.3 Å². The fourth-order valence-electron chi connectivity index (χ4n) is 4.09. The number of carbonyl (C=O) groups is 4. The number of fused-ring (bicyclic) bond motifs is 1. The highest BCUT2D eigenvalue weighted by Crippen LogP contribution is 2.19. The van der Waals surface area contributed by atoms with E-state index < -0.39 is 47.9 Å². The molecule has 0 spiro atoms. The molecule has 1 unspecified atom stereocenters. The summed E-state index contributed by atoms with van der Waals surface area (Å²) in [4.78, 5) is 53.0. The lowest BCUT2D eigenvalue weighted by atomic mass is 9.99. The summed E-state index contributed by atoms with van der Waals surface area (Å²) in [5.41, 5.74) is 7.22. The second-order valence-corrected chi connectivity index (χ2v) is 10.1. The van der Waals surface area contributed by atoms with Gasteiger partial charge in [0.1, 0.15) is 18.1 Å². The molecule has 36 heavy (non-hydrogen) atoms. The van der Waals surface area contributed by atoms with Crippen LogP contribution in [0.15, 0.2) is 30.5 Å². The molecule has 0 aliphatic carbocycles. The number of hydrogen-bond acceptors (Lipinski definition) is 5. The maximum Gasteiger partial charge on any atom is 0.320 e. The fraction of sp³-hybridized carbons (Fsp3) is 0.538. The number of hydrogen-bond donors (Lipinski definition) is 6. The third kappa shape index (κ3) is 8.37. The van der Waals surface area contributed by atoms with Crippen LogP contribution in [0.3, 0.4) is 0 Å². The number of nitrogens with one attached hydrogen (secondary N) is 4. The van der Waals surface area contributed by atoms with Gasteiger partial charge in [-0.3, -0.25) is 24.5 Å². The zero-order chi connectivity index (χ0) is 27.0. The summed E-state index contributed by atoms with van der Waals surface area (Å²) in [5.74, 6) is -2.55. The summed E-state index contributed by atoms with van der Waals surface area (Å²) in [5, 5.41) is 18.7. The molecule has 10 heteroatoms. The first kappa shape index (κ1) is 28.8. The Morgan fingerprint density at radius 3 is 2.03 bits per heavy atom. The van der Waals surface area contributed by atoms with Gasteiger partial charge in [-0.15, -0.1) is 0 Å². The molecular formula is C26H39N5O5. The van der Waals surface area contributed by atoms with E-state index in [1.54, 1.807) is 6.20 Å². The predicted octanol–water partition coefficient (Wildman–Crippen LogP) is 1.69. The Balaban J connectivity index is 2.26. The number of primary amides is 1. The van der Waals surface area contributed by atoms with Crippen molar-refractivity contribution in [2.45, 2.75) is 78.0 Å². The van der Waals surface area contributed by atoms with E-state index >= 15 is 0 Å². The van der Waals surface area contributed by atoms with E-state index in [1.807, 2.05) is 52.0 Å². The van der Waals surface area contributed by atoms with Gasteiger partial charge in [0.2, 0.25) is 17.7 Å². The van der Waals surface area contributed by atoms with Crippen LogP contribution in [0.4, 0.5) is 0 Å². The van der Waals surface area contributed by atoms with E-state index in [2.05, 4.69) is 20.9 Å². The van der Waals surface area contributed by atoms with E-state index in [1.165, 1.54) is 6.92 Å². The van der Waals surface area contributed by atoms with Gasteiger partial charge in [-0.25, -0.2) is 0 Å². The number of rotatable bonds is 14. The number of carboxylic acid groups (broad SMARTS) is 1. The summed E-state index contributed by atoms with van der Waals surface area (Å²) >= 11 is 0.